The predicted molar refractivity (Wildman–Crippen MR) is 268 cm³/mol. The Labute approximate surface area is 376 Å². The van der Waals surface area contributed by atoms with E-state index in [0.717, 1.165) is 66.2 Å². The average molecular weight is 832 g/mol. The van der Waals surface area contributed by atoms with Crippen LogP contribution in [0.25, 0.3) is 111 Å². The molecule has 9 aromatic carbocycles. The van der Waals surface area contributed by atoms with Crippen molar-refractivity contribution in [1.29, 1.82) is 0 Å². The fourth-order valence-corrected chi connectivity index (χ4v) is 10.4. The van der Waals surface area contributed by atoms with E-state index in [9.17, 15) is 0 Å². The van der Waals surface area contributed by atoms with Gasteiger partial charge in [0.15, 0.2) is 11.6 Å². The summed E-state index contributed by atoms with van der Waals surface area (Å²) in [4.78, 5) is 16.1. The molecule has 0 N–H and O–H groups in total. The second-order valence-electron chi connectivity index (χ2n) is 17.6. The molecule has 0 aliphatic heterocycles. The lowest BCUT2D eigenvalue weighted by Crippen LogP contribution is -2.15. The summed E-state index contributed by atoms with van der Waals surface area (Å²) in [5, 5.41) is 4.61. The lowest BCUT2D eigenvalue weighted by Gasteiger charge is -2.21. The minimum absolute atomic E-state index is 0.172. The third-order valence-corrected chi connectivity index (χ3v) is 13.6. The zero-order chi connectivity index (χ0) is 43.2. The Hall–Kier alpha value is -8.41. The number of para-hydroxylation sites is 2. The first-order valence-corrected chi connectivity index (χ1v) is 22.3. The van der Waals surface area contributed by atoms with Crippen LogP contribution in [-0.2, 0) is 5.41 Å². The summed E-state index contributed by atoms with van der Waals surface area (Å²) in [5.41, 5.74) is 17.0. The van der Waals surface area contributed by atoms with Gasteiger partial charge in [-0.1, -0.05) is 196 Å². The largest absolute Gasteiger partial charge is 0.307 e. The molecule has 12 aromatic rings. The van der Waals surface area contributed by atoms with Crippen LogP contribution < -0.4 is 0 Å². The van der Waals surface area contributed by atoms with E-state index in [1.54, 1.807) is 0 Å². The molecule has 3 heterocycles. The molecule has 0 radical (unpaired) electrons. The topological polar surface area (TPSA) is 48.5 Å². The van der Waals surface area contributed by atoms with Crippen molar-refractivity contribution in [2.75, 3.05) is 0 Å². The van der Waals surface area contributed by atoms with Gasteiger partial charge in [0.25, 0.3) is 0 Å². The van der Waals surface area contributed by atoms with Gasteiger partial charge in [-0.15, -0.1) is 0 Å². The van der Waals surface area contributed by atoms with Crippen LogP contribution in [0.5, 0.6) is 0 Å². The second kappa shape index (κ2) is 14.3. The van der Waals surface area contributed by atoms with Crippen LogP contribution in [0.4, 0.5) is 0 Å². The number of benzene rings is 9. The van der Waals surface area contributed by atoms with E-state index >= 15 is 0 Å². The highest BCUT2D eigenvalue weighted by molar-refractivity contribution is 6.23. The smallest absolute Gasteiger partial charge is 0.238 e. The third-order valence-electron chi connectivity index (χ3n) is 13.6. The van der Waals surface area contributed by atoms with Gasteiger partial charge in [-0.3, -0.25) is 4.57 Å². The third kappa shape index (κ3) is 5.75. The molecule has 0 saturated carbocycles. The van der Waals surface area contributed by atoms with E-state index in [0.29, 0.717) is 17.6 Å². The number of aromatic nitrogens is 5. The first-order valence-electron chi connectivity index (χ1n) is 22.3. The molecule has 13 rings (SSSR count). The number of hydrogen-bond donors (Lipinski definition) is 0. The molecule has 0 atom stereocenters. The van der Waals surface area contributed by atoms with E-state index in [-0.39, 0.29) is 5.41 Å². The molecule has 0 saturated heterocycles. The maximum Gasteiger partial charge on any atom is 0.238 e. The van der Waals surface area contributed by atoms with Crippen LogP contribution in [0, 0.1) is 0 Å². The quantitative estimate of drug-likeness (QED) is 0.168. The molecule has 0 fully saturated rings. The van der Waals surface area contributed by atoms with E-state index < -0.39 is 0 Å². The lowest BCUT2D eigenvalue weighted by molar-refractivity contribution is 0.660. The van der Waals surface area contributed by atoms with Crippen molar-refractivity contribution < 1.29 is 0 Å². The number of nitrogens with zero attached hydrogens (tertiary/aromatic N) is 5. The fraction of sp³-hybridized carbons (Fsp3) is 0.0500. The Morgan fingerprint density at radius 3 is 1.55 bits per heavy atom. The molecule has 306 valence electrons. The molecule has 0 unspecified atom stereocenters. The monoisotopic (exact) mass is 831 g/mol. The van der Waals surface area contributed by atoms with E-state index in [2.05, 4.69) is 217 Å². The molecule has 1 aliphatic rings. The van der Waals surface area contributed by atoms with Gasteiger partial charge in [-0.2, -0.15) is 9.97 Å². The lowest BCUT2D eigenvalue weighted by atomic mass is 9.82. The van der Waals surface area contributed by atoms with Gasteiger partial charge in [-0.05, 0) is 74.8 Å². The van der Waals surface area contributed by atoms with Crippen LogP contribution in [0.1, 0.15) is 25.0 Å². The summed E-state index contributed by atoms with van der Waals surface area (Å²) >= 11 is 0. The highest BCUT2D eigenvalue weighted by Crippen LogP contribution is 2.49. The normalized spacial score (nSPS) is 12.9. The Kier molecular flexibility index (Phi) is 8.18. The standard InChI is InChI=1S/C60H41N5/c1-60(2)51-25-12-9-22-45(51)46-33-32-43(37-52(46)60)58-61-57(41-18-7-4-8-19-41)62-59(63-58)65-54-27-14-11-24-48(54)50-35-34-49-47-23-10-13-26-53(47)64(55(49)56(50)65)44-21-15-20-42(36-44)40-30-28-39(29-31-40)38-16-5-3-6-17-38/h3-37H,1-2H3. The van der Waals surface area contributed by atoms with Gasteiger partial charge >= 0.3 is 0 Å². The predicted octanol–water partition coefficient (Wildman–Crippen LogP) is 15.0. The van der Waals surface area contributed by atoms with Gasteiger partial charge in [0.1, 0.15) is 0 Å². The van der Waals surface area contributed by atoms with Crippen molar-refractivity contribution in [3.8, 4) is 67.8 Å². The first kappa shape index (κ1) is 37.2. The zero-order valence-corrected chi connectivity index (χ0v) is 35.9. The molecular weight excluding hydrogens is 791 g/mol. The SMILES string of the molecule is CC1(C)c2ccccc2-c2ccc(-c3nc(-c4ccccc4)nc(-n4c5ccccc5c5ccc6c7ccccc7n(-c7cccc(-c8ccc(-c9ccccc9)cc8)c7)c6c54)n3)cc21. The summed E-state index contributed by atoms with van der Waals surface area (Å²) in [6.07, 6.45) is 0. The molecular formula is C60H41N5. The van der Waals surface area contributed by atoms with Crippen molar-refractivity contribution in [3.63, 3.8) is 0 Å². The summed E-state index contributed by atoms with van der Waals surface area (Å²) in [6.45, 7) is 4.63. The van der Waals surface area contributed by atoms with Crippen molar-refractivity contribution in [2.45, 2.75) is 19.3 Å². The molecule has 0 spiro atoms. The minimum Gasteiger partial charge on any atom is -0.307 e. The van der Waals surface area contributed by atoms with Gasteiger partial charge in [-0.25, -0.2) is 4.98 Å². The molecule has 5 nitrogen and oxygen atoms in total. The highest BCUT2D eigenvalue weighted by Gasteiger charge is 2.35. The molecule has 65 heavy (non-hydrogen) atoms. The summed E-state index contributed by atoms with van der Waals surface area (Å²) in [6, 6.07) is 76.1. The summed E-state index contributed by atoms with van der Waals surface area (Å²) in [7, 11) is 0. The van der Waals surface area contributed by atoms with Gasteiger partial charge < -0.3 is 4.57 Å². The Bertz CT molecular complexity index is 3840. The van der Waals surface area contributed by atoms with Crippen LogP contribution in [-0.4, -0.2) is 24.1 Å². The van der Waals surface area contributed by atoms with E-state index in [1.165, 1.54) is 38.8 Å². The Morgan fingerprint density at radius 1 is 0.338 bits per heavy atom. The summed E-state index contributed by atoms with van der Waals surface area (Å²) in [5.74, 6) is 1.82. The Morgan fingerprint density at radius 2 is 0.846 bits per heavy atom. The van der Waals surface area contributed by atoms with Gasteiger partial charge in [0.2, 0.25) is 5.95 Å². The van der Waals surface area contributed by atoms with Crippen LogP contribution in [0.15, 0.2) is 212 Å². The molecule has 0 amide bonds. The minimum atomic E-state index is -0.172. The number of hydrogen-bond acceptors (Lipinski definition) is 3. The zero-order valence-electron chi connectivity index (χ0n) is 35.9. The van der Waals surface area contributed by atoms with Gasteiger partial charge in [0.05, 0.1) is 22.1 Å². The highest BCUT2D eigenvalue weighted by atomic mass is 15.2. The van der Waals surface area contributed by atoms with Crippen LogP contribution in [0.2, 0.25) is 0 Å². The molecule has 1 aliphatic carbocycles. The van der Waals surface area contributed by atoms with E-state index in [4.69, 9.17) is 15.0 Å². The Balaban J connectivity index is 1.06. The first-order chi connectivity index (χ1) is 32.0. The van der Waals surface area contributed by atoms with E-state index in [1.807, 2.05) is 18.2 Å². The average Bonchev–Trinajstić information content (AvgIpc) is 3.97. The molecule has 3 aromatic heterocycles. The van der Waals surface area contributed by atoms with Crippen molar-refractivity contribution >= 4 is 43.6 Å². The molecule has 5 heteroatoms. The number of fused-ring (bicyclic) bond motifs is 10. The maximum atomic E-state index is 5.47. The van der Waals surface area contributed by atoms with Crippen molar-refractivity contribution in [1.82, 2.24) is 24.1 Å². The van der Waals surface area contributed by atoms with Crippen LogP contribution in [0.3, 0.4) is 0 Å². The number of rotatable bonds is 6. The van der Waals surface area contributed by atoms with Gasteiger partial charge in [0, 0.05) is 43.8 Å². The fourth-order valence-electron chi connectivity index (χ4n) is 10.4. The summed E-state index contributed by atoms with van der Waals surface area (Å²) < 4.78 is 4.71. The second-order valence-corrected chi connectivity index (χ2v) is 17.6. The molecule has 0 bridgehead atoms. The van der Waals surface area contributed by atoms with Crippen LogP contribution >= 0.6 is 0 Å². The maximum absolute atomic E-state index is 5.47. The van der Waals surface area contributed by atoms with Crippen molar-refractivity contribution in [3.05, 3.63) is 223 Å². The van der Waals surface area contributed by atoms with Crippen molar-refractivity contribution in [2.24, 2.45) is 0 Å².